The molecule has 0 unspecified atom stereocenters. The van der Waals surface area contributed by atoms with E-state index in [1.54, 1.807) is 24.3 Å². The summed E-state index contributed by atoms with van der Waals surface area (Å²) in [5.41, 5.74) is 1.03. The summed E-state index contributed by atoms with van der Waals surface area (Å²) in [7, 11) is -3.87. The molecule has 5 rings (SSSR count). The average Bonchev–Trinajstić information content (AvgIpc) is 3.01. The molecule has 32 heavy (non-hydrogen) atoms. The van der Waals surface area contributed by atoms with E-state index in [2.05, 4.69) is 5.32 Å². The van der Waals surface area contributed by atoms with Crippen molar-refractivity contribution in [2.75, 3.05) is 22.8 Å². The molecule has 0 aliphatic carbocycles. The Kier molecular flexibility index (Phi) is 4.79. The van der Waals surface area contributed by atoms with Gasteiger partial charge in [0.05, 0.1) is 10.6 Å². The summed E-state index contributed by atoms with van der Waals surface area (Å²) in [6.45, 7) is -1.04. The summed E-state index contributed by atoms with van der Waals surface area (Å²) >= 11 is 0. The first-order chi connectivity index (χ1) is 15.4. The van der Waals surface area contributed by atoms with E-state index in [1.165, 1.54) is 6.07 Å². The number of carbonyl (C=O) groups is 2. The minimum Gasteiger partial charge on any atom is -0.454 e. The summed E-state index contributed by atoms with van der Waals surface area (Å²) in [5, 5.41) is 5.92. The van der Waals surface area contributed by atoms with E-state index in [1.807, 2.05) is 48.5 Å². The first-order valence-electron chi connectivity index (χ1n) is 9.93. The average molecular weight is 446 g/mol. The van der Waals surface area contributed by atoms with Crippen LogP contribution in [0.2, 0.25) is 0 Å². The summed E-state index contributed by atoms with van der Waals surface area (Å²) in [5.74, 6) is -1.32. The van der Waals surface area contributed by atoms with Gasteiger partial charge in [0.2, 0.25) is 0 Å². The molecule has 4 aromatic rings. The van der Waals surface area contributed by atoms with Crippen LogP contribution in [0.5, 0.6) is 0 Å². The molecule has 0 fully saturated rings. The third-order valence-electron chi connectivity index (χ3n) is 5.38. The van der Waals surface area contributed by atoms with Crippen molar-refractivity contribution in [1.82, 2.24) is 0 Å². The van der Waals surface area contributed by atoms with Crippen LogP contribution < -0.4 is 9.62 Å². The van der Waals surface area contributed by atoms with Gasteiger partial charge in [0.1, 0.15) is 6.54 Å². The molecule has 0 bridgehead atoms. The number of carbonyl (C=O) groups excluding carboxylic acids is 2. The molecule has 0 saturated carbocycles. The Morgan fingerprint density at radius 1 is 0.844 bits per heavy atom. The van der Waals surface area contributed by atoms with Gasteiger partial charge in [0, 0.05) is 16.5 Å². The van der Waals surface area contributed by atoms with Crippen LogP contribution in [-0.4, -0.2) is 33.4 Å². The summed E-state index contributed by atoms with van der Waals surface area (Å²) in [4.78, 5) is 24.9. The molecule has 4 aromatic carbocycles. The second-order valence-corrected chi connectivity index (χ2v) is 9.21. The smallest absolute Gasteiger partial charge is 0.327 e. The third-order valence-corrected chi connectivity index (χ3v) is 7.18. The lowest BCUT2D eigenvalue weighted by Crippen LogP contribution is -2.34. The Labute approximate surface area is 184 Å². The molecular formula is C24H18N2O5S. The first-order valence-corrected chi connectivity index (χ1v) is 11.4. The Bertz CT molecular complexity index is 1490. The number of rotatable bonds is 5. The quantitative estimate of drug-likeness (QED) is 0.472. The Morgan fingerprint density at radius 2 is 1.53 bits per heavy atom. The van der Waals surface area contributed by atoms with Crippen LogP contribution in [0.15, 0.2) is 83.8 Å². The number of hydrogen-bond acceptors (Lipinski definition) is 5. The Hall–Kier alpha value is -3.91. The molecule has 1 heterocycles. The Balaban J connectivity index is 1.28. The lowest BCUT2D eigenvalue weighted by Gasteiger charge is -2.17. The molecule has 1 aliphatic heterocycles. The minimum atomic E-state index is -3.87. The van der Waals surface area contributed by atoms with E-state index in [4.69, 9.17) is 4.74 Å². The molecular weight excluding hydrogens is 428 g/mol. The highest BCUT2D eigenvalue weighted by molar-refractivity contribution is 7.93. The van der Waals surface area contributed by atoms with Crippen LogP contribution in [0, 0.1) is 0 Å². The lowest BCUT2D eigenvalue weighted by atomic mass is 10.1. The molecule has 160 valence electrons. The SMILES string of the molecule is O=C(COC(=O)CN1c2cccc3cccc(c23)S1(=O)=O)Nc1cccc2ccccc12. The Morgan fingerprint density at radius 3 is 2.38 bits per heavy atom. The van der Waals surface area contributed by atoms with Gasteiger partial charge in [0.25, 0.3) is 15.9 Å². The molecule has 0 radical (unpaired) electrons. The van der Waals surface area contributed by atoms with E-state index in [0.717, 1.165) is 20.5 Å². The van der Waals surface area contributed by atoms with Gasteiger partial charge < -0.3 is 10.1 Å². The summed E-state index contributed by atoms with van der Waals surface area (Å²) in [6.07, 6.45) is 0. The van der Waals surface area contributed by atoms with E-state index in [0.29, 0.717) is 16.8 Å². The molecule has 1 N–H and O–H groups in total. The summed E-state index contributed by atoms with van der Waals surface area (Å²) < 4.78 is 32.0. The number of ether oxygens (including phenoxy) is 1. The van der Waals surface area contributed by atoms with Crippen LogP contribution in [0.3, 0.4) is 0 Å². The standard InChI is InChI=1S/C24H18N2O5S/c27-22(25-19-11-3-7-16-6-1-2-10-18(16)19)15-31-23(28)14-26-20-12-4-8-17-9-5-13-21(24(17)20)32(26,29)30/h1-13H,14-15H2,(H,25,27). The fourth-order valence-electron chi connectivity index (χ4n) is 3.96. The van der Waals surface area contributed by atoms with Crippen LogP contribution in [-0.2, 0) is 24.3 Å². The van der Waals surface area contributed by atoms with Crippen molar-refractivity contribution in [2.24, 2.45) is 0 Å². The molecule has 0 spiro atoms. The topological polar surface area (TPSA) is 92.8 Å². The number of fused-ring (bicyclic) bond motifs is 1. The van der Waals surface area contributed by atoms with Crippen LogP contribution in [0.4, 0.5) is 11.4 Å². The number of hydrogen-bond donors (Lipinski definition) is 1. The minimum absolute atomic E-state index is 0.159. The van der Waals surface area contributed by atoms with Crippen LogP contribution >= 0.6 is 0 Å². The zero-order valence-electron chi connectivity index (χ0n) is 16.8. The van der Waals surface area contributed by atoms with Crippen molar-refractivity contribution in [3.05, 3.63) is 78.9 Å². The van der Waals surface area contributed by atoms with Crippen LogP contribution in [0.25, 0.3) is 21.5 Å². The lowest BCUT2D eigenvalue weighted by molar-refractivity contribution is -0.145. The molecule has 7 nitrogen and oxygen atoms in total. The van der Waals surface area contributed by atoms with Gasteiger partial charge in [-0.2, -0.15) is 0 Å². The van der Waals surface area contributed by atoms with Gasteiger partial charge in [0.15, 0.2) is 6.61 Å². The monoisotopic (exact) mass is 446 g/mol. The molecule has 0 saturated heterocycles. The molecule has 0 aromatic heterocycles. The second-order valence-electron chi connectivity index (χ2n) is 7.38. The zero-order valence-corrected chi connectivity index (χ0v) is 17.6. The van der Waals surface area contributed by atoms with E-state index in [-0.39, 0.29) is 4.90 Å². The maximum atomic E-state index is 12.9. The fourth-order valence-corrected chi connectivity index (χ4v) is 5.61. The van der Waals surface area contributed by atoms with Gasteiger partial charge >= 0.3 is 5.97 Å². The zero-order chi connectivity index (χ0) is 22.3. The highest BCUT2D eigenvalue weighted by Crippen LogP contribution is 2.41. The van der Waals surface area contributed by atoms with Gasteiger partial charge in [-0.05, 0) is 29.0 Å². The number of benzene rings is 4. The number of nitrogens with zero attached hydrogens (tertiary/aromatic N) is 1. The second kappa shape index (κ2) is 7.65. The van der Waals surface area contributed by atoms with Gasteiger partial charge in [-0.25, -0.2) is 8.42 Å². The first kappa shape index (κ1) is 20.0. The van der Waals surface area contributed by atoms with Crippen molar-refractivity contribution in [1.29, 1.82) is 0 Å². The normalized spacial score (nSPS) is 13.9. The van der Waals surface area contributed by atoms with Crippen molar-refractivity contribution < 1.29 is 22.7 Å². The predicted molar refractivity (Wildman–Crippen MR) is 122 cm³/mol. The molecule has 8 heteroatoms. The van der Waals surface area contributed by atoms with E-state index in [9.17, 15) is 18.0 Å². The number of sulfonamides is 1. The maximum Gasteiger partial charge on any atom is 0.327 e. The van der Waals surface area contributed by atoms with Crippen molar-refractivity contribution >= 4 is 54.8 Å². The van der Waals surface area contributed by atoms with Crippen LogP contribution in [0.1, 0.15) is 0 Å². The van der Waals surface area contributed by atoms with E-state index >= 15 is 0 Å². The van der Waals surface area contributed by atoms with Crippen molar-refractivity contribution in [3.63, 3.8) is 0 Å². The molecule has 1 aliphatic rings. The van der Waals surface area contributed by atoms with E-state index < -0.39 is 35.1 Å². The van der Waals surface area contributed by atoms with Gasteiger partial charge in [-0.15, -0.1) is 0 Å². The van der Waals surface area contributed by atoms with Gasteiger partial charge in [-0.1, -0.05) is 60.7 Å². The molecule has 0 atom stereocenters. The summed E-state index contributed by atoms with van der Waals surface area (Å²) in [6, 6.07) is 23.3. The number of amides is 1. The number of esters is 1. The van der Waals surface area contributed by atoms with Gasteiger partial charge in [-0.3, -0.25) is 13.9 Å². The maximum absolute atomic E-state index is 12.9. The van der Waals surface area contributed by atoms with Crippen molar-refractivity contribution in [3.8, 4) is 0 Å². The third kappa shape index (κ3) is 3.34. The number of anilines is 2. The largest absolute Gasteiger partial charge is 0.454 e. The fraction of sp³-hybridized carbons (Fsp3) is 0.0833. The molecule has 1 amide bonds. The van der Waals surface area contributed by atoms with Crippen molar-refractivity contribution in [2.45, 2.75) is 4.90 Å². The highest BCUT2D eigenvalue weighted by atomic mass is 32.2. The predicted octanol–water partition coefficient (Wildman–Crippen LogP) is 3.68. The highest BCUT2D eigenvalue weighted by Gasteiger charge is 2.37. The number of nitrogens with one attached hydrogen (secondary N) is 1.